The van der Waals surface area contributed by atoms with Crippen molar-refractivity contribution >= 4 is 43.5 Å². The Morgan fingerprint density at radius 3 is 2.44 bits per heavy atom. The van der Waals surface area contributed by atoms with Crippen molar-refractivity contribution in [3.05, 3.63) is 82.8 Å². The van der Waals surface area contributed by atoms with Crippen molar-refractivity contribution in [2.24, 2.45) is 0 Å². The van der Waals surface area contributed by atoms with Crippen molar-refractivity contribution in [1.82, 2.24) is 8.96 Å². The predicted octanol–water partition coefficient (Wildman–Crippen LogP) is 4.54. The molecule has 0 aliphatic carbocycles. The van der Waals surface area contributed by atoms with E-state index in [1.807, 2.05) is 30.3 Å². The molecule has 0 aliphatic heterocycles. The highest BCUT2D eigenvalue weighted by atomic mass is 127. The van der Waals surface area contributed by atoms with Gasteiger partial charge in [-0.1, -0.05) is 30.3 Å². The Morgan fingerprint density at radius 1 is 0.920 bits per heavy atom. The Bertz CT molecular complexity index is 1150. The normalized spacial score (nSPS) is 11.7. The van der Waals surface area contributed by atoms with Crippen molar-refractivity contribution in [2.45, 2.75) is 4.90 Å². The molecule has 4 nitrogen and oxygen atoms in total. The smallest absolute Gasteiger partial charge is 0.264 e. The van der Waals surface area contributed by atoms with E-state index in [4.69, 9.17) is 0 Å². The van der Waals surface area contributed by atoms with Crippen LogP contribution in [0.5, 0.6) is 0 Å². The Hall–Kier alpha value is -2.19. The molecule has 2 aromatic carbocycles. The summed E-state index contributed by atoms with van der Waals surface area (Å²) in [6.07, 6.45) is 5.20. The van der Waals surface area contributed by atoms with Gasteiger partial charge in [-0.05, 0) is 58.5 Å². The number of hydrogen-bond acceptors (Lipinski definition) is 3. The molecule has 0 unspecified atom stereocenters. The van der Waals surface area contributed by atoms with E-state index < -0.39 is 10.0 Å². The monoisotopic (exact) mass is 460 g/mol. The van der Waals surface area contributed by atoms with E-state index >= 15 is 0 Å². The maximum atomic E-state index is 13.0. The van der Waals surface area contributed by atoms with Crippen LogP contribution in [0.25, 0.3) is 22.0 Å². The van der Waals surface area contributed by atoms with Gasteiger partial charge in [-0.3, -0.25) is 4.98 Å². The first kappa shape index (κ1) is 16.3. The third kappa shape index (κ3) is 2.85. The number of benzene rings is 2. The summed E-state index contributed by atoms with van der Waals surface area (Å²) in [6.45, 7) is 0. The summed E-state index contributed by atoms with van der Waals surface area (Å²) in [6, 6.07) is 18.1. The van der Waals surface area contributed by atoms with Crippen molar-refractivity contribution in [3.63, 3.8) is 0 Å². The second-order valence-corrected chi connectivity index (χ2v) is 8.54. The van der Waals surface area contributed by atoms with Gasteiger partial charge in [0.05, 0.1) is 10.4 Å². The fraction of sp³-hybridized carbons (Fsp3) is 0. The van der Waals surface area contributed by atoms with Crippen LogP contribution in [-0.4, -0.2) is 17.4 Å². The number of rotatable bonds is 3. The predicted molar refractivity (Wildman–Crippen MR) is 107 cm³/mol. The average molecular weight is 460 g/mol. The first-order valence-electron chi connectivity index (χ1n) is 7.59. The summed E-state index contributed by atoms with van der Waals surface area (Å²) < 4.78 is 28.2. The van der Waals surface area contributed by atoms with Crippen molar-refractivity contribution < 1.29 is 8.42 Å². The summed E-state index contributed by atoms with van der Waals surface area (Å²) >= 11 is 2.17. The second-order valence-electron chi connectivity index (χ2n) is 5.56. The minimum atomic E-state index is -3.62. The maximum absolute atomic E-state index is 13.0. The third-order valence-corrected chi connectivity index (χ3v) is 6.56. The summed E-state index contributed by atoms with van der Waals surface area (Å²) in [5.74, 6) is 0. The Morgan fingerprint density at radius 2 is 1.72 bits per heavy atom. The molecule has 0 saturated heterocycles. The molecule has 4 rings (SSSR count). The van der Waals surface area contributed by atoms with Gasteiger partial charge in [0.2, 0.25) is 0 Å². The lowest BCUT2D eigenvalue weighted by Crippen LogP contribution is -2.11. The lowest BCUT2D eigenvalue weighted by Gasteiger charge is -2.08. The Labute approximate surface area is 159 Å². The van der Waals surface area contributed by atoms with Crippen LogP contribution in [0.3, 0.4) is 0 Å². The standard InChI is InChI=1S/C19H13IN2O2S/c20-18-13-22(25(23,24)16-6-2-1-3-7-16)19-9-8-14(11-17(18)19)15-5-4-10-21-12-15/h1-13H. The quantitative estimate of drug-likeness (QED) is 0.422. The SMILES string of the molecule is O=S(=O)(c1ccccc1)n1cc(I)c2cc(-c3cccnc3)ccc21. The molecule has 25 heavy (non-hydrogen) atoms. The summed E-state index contributed by atoms with van der Waals surface area (Å²) in [4.78, 5) is 4.42. The number of hydrogen-bond donors (Lipinski definition) is 0. The number of aromatic nitrogens is 2. The topological polar surface area (TPSA) is 52.0 Å². The van der Waals surface area contributed by atoms with Gasteiger partial charge in [0.1, 0.15) is 0 Å². The zero-order valence-corrected chi connectivity index (χ0v) is 16.0. The molecule has 0 bridgehead atoms. The molecule has 0 aliphatic rings. The van der Waals surface area contributed by atoms with E-state index in [0.717, 1.165) is 20.1 Å². The zero-order chi connectivity index (χ0) is 17.4. The average Bonchev–Trinajstić information content (AvgIpc) is 3.00. The van der Waals surface area contributed by atoms with Crippen LogP contribution < -0.4 is 0 Å². The van der Waals surface area contributed by atoms with Crippen LogP contribution in [0, 0.1) is 3.57 Å². The molecule has 2 aromatic heterocycles. The highest BCUT2D eigenvalue weighted by molar-refractivity contribution is 14.1. The van der Waals surface area contributed by atoms with Gasteiger partial charge >= 0.3 is 0 Å². The molecule has 0 radical (unpaired) electrons. The van der Waals surface area contributed by atoms with Gasteiger partial charge in [0.25, 0.3) is 10.0 Å². The van der Waals surface area contributed by atoms with Crippen molar-refractivity contribution in [1.29, 1.82) is 0 Å². The summed E-state index contributed by atoms with van der Waals surface area (Å²) in [7, 11) is -3.62. The Balaban J connectivity index is 1.91. The number of fused-ring (bicyclic) bond motifs is 1. The molecule has 124 valence electrons. The van der Waals surface area contributed by atoms with Crippen LogP contribution in [0.2, 0.25) is 0 Å². The van der Waals surface area contributed by atoms with Crippen LogP contribution >= 0.6 is 22.6 Å². The van der Waals surface area contributed by atoms with E-state index in [-0.39, 0.29) is 4.90 Å². The van der Waals surface area contributed by atoms with Crippen LogP contribution in [0.1, 0.15) is 0 Å². The van der Waals surface area contributed by atoms with Crippen molar-refractivity contribution in [2.75, 3.05) is 0 Å². The van der Waals surface area contributed by atoms with E-state index in [1.54, 1.807) is 48.9 Å². The highest BCUT2D eigenvalue weighted by Gasteiger charge is 2.20. The second kappa shape index (κ2) is 6.27. The number of halogens is 1. The largest absolute Gasteiger partial charge is 0.268 e. The minimum Gasteiger partial charge on any atom is -0.264 e. The van der Waals surface area contributed by atoms with E-state index in [2.05, 4.69) is 27.6 Å². The molecule has 2 heterocycles. The van der Waals surface area contributed by atoms with E-state index in [1.165, 1.54) is 3.97 Å². The van der Waals surface area contributed by atoms with Gasteiger partial charge in [0, 0.05) is 33.1 Å². The van der Waals surface area contributed by atoms with Crippen LogP contribution in [0.15, 0.2) is 84.1 Å². The van der Waals surface area contributed by atoms with Crippen LogP contribution in [-0.2, 0) is 10.0 Å². The van der Waals surface area contributed by atoms with E-state index in [9.17, 15) is 8.42 Å². The molecule has 0 saturated carbocycles. The van der Waals surface area contributed by atoms with Gasteiger partial charge in [-0.25, -0.2) is 12.4 Å². The van der Waals surface area contributed by atoms with E-state index in [0.29, 0.717) is 5.52 Å². The zero-order valence-electron chi connectivity index (χ0n) is 13.0. The Kier molecular flexibility index (Phi) is 4.09. The van der Waals surface area contributed by atoms with Crippen LogP contribution in [0.4, 0.5) is 0 Å². The molecule has 0 fully saturated rings. The third-order valence-electron chi connectivity index (χ3n) is 4.02. The minimum absolute atomic E-state index is 0.277. The first-order chi connectivity index (χ1) is 12.1. The van der Waals surface area contributed by atoms with Gasteiger partial charge in [-0.15, -0.1) is 0 Å². The summed E-state index contributed by atoms with van der Waals surface area (Å²) in [5.41, 5.74) is 2.67. The van der Waals surface area contributed by atoms with Gasteiger partial charge in [-0.2, -0.15) is 0 Å². The fourth-order valence-electron chi connectivity index (χ4n) is 2.78. The lowest BCUT2D eigenvalue weighted by atomic mass is 10.1. The van der Waals surface area contributed by atoms with Gasteiger partial charge < -0.3 is 0 Å². The molecular weight excluding hydrogens is 447 g/mol. The number of pyridine rings is 1. The lowest BCUT2D eigenvalue weighted by molar-refractivity contribution is 0.589. The molecular formula is C19H13IN2O2S. The molecule has 0 atom stereocenters. The highest BCUT2D eigenvalue weighted by Crippen LogP contribution is 2.30. The number of nitrogens with zero attached hydrogens (tertiary/aromatic N) is 2. The van der Waals surface area contributed by atoms with Gasteiger partial charge in [0.15, 0.2) is 0 Å². The molecule has 0 N–H and O–H groups in total. The fourth-order valence-corrected chi connectivity index (χ4v) is 5.07. The molecule has 0 amide bonds. The first-order valence-corrected chi connectivity index (χ1v) is 10.1. The van der Waals surface area contributed by atoms with Crippen molar-refractivity contribution in [3.8, 4) is 11.1 Å². The molecule has 6 heteroatoms. The molecule has 0 spiro atoms. The molecule has 4 aromatic rings. The maximum Gasteiger partial charge on any atom is 0.268 e. The summed E-state index contributed by atoms with van der Waals surface area (Å²) in [5, 5.41) is 0.904.